The maximum atomic E-state index is 12.5. The number of nitrogens with zero attached hydrogens (tertiary/aromatic N) is 1. The fraction of sp³-hybridized carbons (Fsp3) is 0.226. The molecule has 0 spiro atoms. The normalized spacial score (nSPS) is 14.2. The van der Waals surface area contributed by atoms with Crippen LogP contribution in [-0.2, 0) is 4.79 Å². The van der Waals surface area contributed by atoms with E-state index in [0.717, 1.165) is 16.3 Å². The molecule has 1 heterocycles. The highest BCUT2D eigenvalue weighted by molar-refractivity contribution is 5.97. The van der Waals surface area contributed by atoms with Crippen molar-refractivity contribution in [2.75, 3.05) is 11.9 Å². The highest BCUT2D eigenvalue weighted by Crippen LogP contribution is 2.33. The zero-order valence-corrected chi connectivity index (χ0v) is 20.1. The van der Waals surface area contributed by atoms with Crippen LogP contribution >= 0.6 is 0 Å². The summed E-state index contributed by atoms with van der Waals surface area (Å²) in [6.45, 7) is -0.0547. The molecule has 0 radical (unpaired) electrons. The molecule has 5 nitrogen and oxygen atoms in total. The molecule has 1 saturated carbocycles. The van der Waals surface area contributed by atoms with Crippen LogP contribution in [0.25, 0.3) is 33.3 Å². The van der Waals surface area contributed by atoms with E-state index in [1.54, 1.807) is 0 Å². The van der Waals surface area contributed by atoms with E-state index in [4.69, 9.17) is 14.1 Å². The Bertz CT molecular complexity index is 1510. The number of carbonyl (C=O) groups is 1. The Morgan fingerprint density at radius 1 is 0.917 bits per heavy atom. The Morgan fingerprint density at radius 3 is 2.58 bits per heavy atom. The van der Waals surface area contributed by atoms with Crippen LogP contribution in [0.5, 0.6) is 5.75 Å². The van der Waals surface area contributed by atoms with Gasteiger partial charge in [0, 0.05) is 11.3 Å². The first-order chi connectivity index (χ1) is 17.7. The molecular formula is C31H28N2O3. The van der Waals surface area contributed by atoms with Gasteiger partial charge >= 0.3 is 0 Å². The number of amides is 1. The van der Waals surface area contributed by atoms with Gasteiger partial charge in [-0.3, -0.25) is 4.79 Å². The molecule has 0 atom stereocenters. The highest BCUT2D eigenvalue weighted by atomic mass is 16.5. The van der Waals surface area contributed by atoms with Crippen LogP contribution in [0, 0.1) is 0 Å². The minimum atomic E-state index is -0.219. The van der Waals surface area contributed by atoms with E-state index in [1.165, 1.54) is 37.7 Å². The Labute approximate surface area is 210 Å². The predicted octanol–water partition coefficient (Wildman–Crippen LogP) is 7.71. The van der Waals surface area contributed by atoms with Crippen LogP contribution < -0.4 is 10.1 Å². The Hall–Kier alpha value is -4.12. The number of fused-ring (bicyclic) bond motifs is 2. The van der Waals surface area contributed by atoms with Crippen molar-refractivity contribution in [1.82, 2.24) is 4.98 Å². The fourth-order valence-electron chi connectivity index (χ4n) is 5.15. The Morgan fingerprint density at radius 2 is 1.72 bits per heavy atom. The van der Waals surface area contributed by atoms with E-state index >= 15 is 0 Å². The third-order valence-electron chi connectivity index (χ3n) is 7.02. The largest absolute Gasteiger partial charge is 0.484 e. The monoisotopic (exact) mass is 476 g/mol. The lowest BCUT2D eigenvalue weighted by molar-refractivity contribution is -0.118. The van der Waals surface area contributed by atoms with Crippen molar-refractivity contribution in [3.05, 3.63) is 90.5 Å². The molecule has 0 saturated heterocycles. The number of aromatic nitrogens is 1. The van der Waals surface area contributed by atoms with Crippen molar-refractivity contribution < 1.29 is 13.9 Å². The van der Waals surface area contributed by atoms with Gasteiger partial charge in [0.2, 0.25) is 5.89 Å². The Kier molecular flexibility index (Phi) is 6.12. The average Bonchev–Trinajstić information content (AvgIpc) is 3.36. The highest BCUT2D eigenvalue weighted by Gasteiger charge is 2.16. The van der Waals surface area contributed by atoms with Gasteiger partial charge in [-0.2, -0.15) is 0 Å². The predicted molar refractivity (Wildman–Crippen MR) is 143 cm³/mol. The van der Waals surface area contributed by atoms with E-state index in [1.807, 2.05) is 54.6 Å². The summed E-state index contributed by atoms with van der Waals surface area (Å²) >= 11 is 0. The first-order valence-electron chi connectivity index (χ1n) is 12.6. The van der Waals surface area contributed by atoms with Gasteiger partial charge in [0.25, 0.3) is 5.91 Å². The minimum Gasteiger partial charge on any atom is -0.484 e. The van der Waals surface area contributed by atoms with Crippen molar-refractivity contribution in [1.29, 1.82) is 0 Å². The molecule has 5 aromatic rings. The number of ether oxygens (including phenoxy) is 1. The van der Waals surface area contributed by atoms with Gasteiger partial charge in [-0.25, -0.2) is 4.98 Å². The molecule has 0 unspecified atom stereocenters. The second-order valence-corrected chi connectivity index (χ2v) is 9.47. The lowest BCUT2D eigenvalue weighted by Gasteiger charge is -2.22. The number of benzene rings is 4. The summed E-state index contributed by atoms with van der Waals surface area (Å²) in [5, 5.41) is 5.12. The molecule has 1 aromatic heterocycles. The number of carbonyl (C=O) groups excluding carboxylic acids is 1. The van der Waals surface area contributed by atoms with Crippen molar-refractivity contribution in [2.24, 2.45) is 0 Å². The topological polar surface area (TPSA) is 64.4 Å². The van der Waals surface area contributed by atoms with Crippen LogP contribution in [0.1, 0.15) is 43.6 Å². The van der Waals surface area contributed by atoms with Gasteiger partial charge in [-0.15, -0.1) is 0 Å². The van der Waals surface area contributed by atoms with E-state index in [9.17, 15) is 4.79 Å². The molecule has 6 rings (SSSR count). The molecule has 36 heavy (non-hydrogen) atoms. The van der Waals surface area contributed by atoms with Crippen molar-refractivity contribution in [2.45, 2.75) is 38.0 Å². The van der Waals surface area contributed by atoms with E-state index < -0.39 is 0 Å². The third-order valence-corrected chi connectivity index (χ3v) is 7.02. The van der Waals surface area contributed by atoms with Gasteiger partial charge in [-0.05, 0) is 71.5 Å². The second-order valence-electron chi connectivity index (χ2n) is 9.47. The molecule has 180 valence electrons. The maximum Gasteiger partial charge on any atom is 0.262 e. The van der Waals surface area contributed by atoms with E-state index in [2.05, 4.69) is 35.6 Å². The van der Waals surface area contributed by atoms with Crippen LogP contribution in [0.4, 0.5) is 5.69 Å². The summed E-state index contributed by atoms with van der Waals surface area (Å²) in [6.07, 6.45) is 6.51. The number of oxazole rings is 1. The van der Waals surface area contributed by atoms with Crippen LogP contribution in [0.15, 0.2) is 89.3 Å². The van der Waals surface area contributed by atoms with Crippen molar-refractivity contribution in [3.63, 3.8) is 0 Å². The zero-order chi connectivity index (χ0) is 24.3. The quantitative estimate of drug-likeness (QED) is 0.273. The summed E-state index contributed by atoms with van der Waals surface area (Å²) in [5.74, 6) is 1.70. The van der Waals surface area contributed by atoms with Crippen LogP contribution in [0.3, 0.4) is 0 Å². The van der Waals surface area contributed by atoms with Crippen molar-refractivity contribution in [3.8, 4) is 17.2 Å². The standard InChI is InChI=1S/C31H28N2O3/c34-30(20-35-25-16-13-22(14-17-25)21-7-2-1-3-8-21)32-24-15-18-29-28(19-24)33-31(36-29)27-12-6-10-23-9-4-5-11-26(23)27/h4-6,9-19,21H,1-3,7-8,20H2,(H,32,34). The third kappa shape index (κ3) is 4.69. The lowest BCUT2D eigenvalue weighted by atomic mass is 9.84. The summed E-state index contributed by atoms with van der Waals surface area (Å²) in [5.41, 5.74) is 4.33. The van der Waals surface area contributed by atoms with Crippen molar-refractivity contribution >= 4 is 33.5 Å². The first-order valence-corrected chi connectivity index (χ1v) is 12.6. The molecule has 1 aliphatic carbocycles. The lowest BCUT2D eigenvalue weighted by Crippen LogP contribution is -2.20. The minimum absolute atomic E-state index is 0.0547. The molecule has 1 fully saturated rings. The van der Waals surface area contributed by atoms with Gasteiger partial charge in [0.05, 0.1) is 0 Å². The summed E-state index contributed by atoms with van der Waals surface area (Å²) < 4.78 is 11.8. The number of anilines is 1. The number of rotatable bonds is 6. The average molecular weight is 477 g/mol. The second kappa shape index (κ2) is 9.86. The van der Waals surface area contributed by atoms with Crippen LogP contribution in [-0.4, -0.2) is 17.5 Å². The van der Waals surface area contributed by atoms with Gasteiger partial charge < -0.3 is 14.5 Å². The van der Waals surface area contributed by atoms with E-state index in [0.29, 0.717) is 34.3 Å². The van der Waals surface area contributed by atoms with E-state index in [-0.39, 0.29) is 12.5 Å². The molecular weight excluding hydrogens is 448 g/mol. The van der Waals surface area contributed by atoms with Crippen LogP contribution in [0.2, 0.25) is 0 Å². The van der Waals surface area contributed by atoms with Gasteiger partial charge in [-0.1, -0.05) is 67.8 Å². The number of hydrogen-bond donors (Lipinski definition) is 1. The number of nitrogens with one attached hydrogen (secondary N) is 1. The Balaban J connectivity index is 1.11. The molecule has 0 aliphatic heterocycles. The first kappa shape index (κ1) is 22.4. The summed E-state index contributed by atoms with van der Waals surface area (Å²) in [4.78, 5) is 17.2. The summed E-state index contributed by atoms with van der Waals surface area (Å²) in [7, 11) is 0. The zero-order valence-electron chi connectivity index (χ0n) is 20.1. The molecule has 4 aromatic carbocycles. The number of hydrogen-bond acceptors (Lipinski definition) is 4. The SMILES string of the molecule is O=C(COc1ccc(C2CCCCC2)cc1)Nc1ccc2oc(-c3cccc4ccccc34)nc2c1. The molecule has 1 N–H and O–H groups in total. The van der Waals surface area contributed by atoms with Gasteiger partial charge in [0.15, 0.2) is 12.2 Å². The molecule has 1 aliphatic rings. The smallest absolute Gasteiger partial charge is 0.262 e. The maximum absolute atomic E-state index is 12.5. The molecule has 1 amide bonds. The molecule has 5 heteroatoms. The summed E-state index contributed by atoms with van der Waals surface area (Å²) in [6, 6.07) is 27.9. The van der Waals surface area contributed by atoms with Gasteiger partial charge in [0.1, 0.15) is 11.3 Å². The fourth-order valence-corrected chi connectivity index (χ4v) is 5.15. The molecule has 0 bridgehead atoms.